The van der Waals surface area contributed by atoms with Crippen molar-refractivity contribution in [2.45, 2.75) is 44.9 Å². The minimum Gasteiger partial charge on any atom is -0.335 e. The predicted octanol–water partition coefficient (Wildman–Crippen LogP) is 1.76. The van der Waals surface area contributed by atoms with Crippen molar-refractivity contribution in [1.29, 1.82) is 0 Å². The molecule has 2 fully saturated rings. The van der Waals surface area contributed by atoms with E-state index in [4.69, 9.17) is 0 Å². The van der Waals surface area contributed by atoms with Gasteiger partial charge in [0.05, 0.1) is 6.54 Å². The molecule has 1 aliphatic carbocycles. The highest BCUT2D eigenvalue weighted by Gasteiger charge is 2.26. The van der Waals surface area contributed by atoms with Crippen molar-refractivity contribution in [2.75, 3.05) is 13.1 Å². The highest BCUT2D eigenvalue weighted by Crippen LogP contribution is 2.26. The van der Waals surface area contributed by atoms with Crippen molar-refractivity contribution >= 4 is 11.7 Å². The fourth-order valence-corrected chi connectivity index (χ4v) is 2.59. The molecule has 0 unspecified atom stereocenters. The van der Waals surface area contributed by atoms with Gasteiger partial charge in [-0.1, -0.05) is 12.8 Å². The van der Waals surface area contributed by atoms with Gasteiger partial charge >= 0.3 is 0 Å². The molecule has 0 aromatic heterocycles. The van der Waals surface area contributed by atoms with Gasteiger partial charge in [0.2, 0.25) is 5.91 Å². The first-order valence-corrected chi connectivity index (χ1v) is 6.08. The van der Waals surface area contributed by atoms with Gasteiger partial charge in [0, 0.05) is 18.9 Å². The minimum absolute atomic E-state index is 0.174. The second-order valence-corrected chi connectivity index (χ2v) is 4.72. The summed E-state index contributed by atoms with van der Waals surface area (Å²) in [6, 6.07) is 0. The second kappa shape index (κ2) is 4.77. The topological polar surface area (TPSA) is 37.4 Å². The highest BCUT2D eigenvalue weighted by molar-refractivity contribution is 5.88. The summed E-state index contributed by atoms with van der Waals surface area (Å²) in [6.07, 6.45) is 7.14. The van der Waals surface area contributed by atoms with E-state index in [1.165, 1.54) is 12.8 Å². The fourth-order valence-electron chi connectivity index (χ4n) is 2.59. The van der Waals surface area contributed by atoms with E-state index in [0.29, 0.717) is 18.7 Å². The number of piperidine rings is 1. The van der Waals surface area contributed by atoms with Gasteiger partial charge < -0.3 is 4.90 Å². The van der Waals surface area contributed by atoms with Crippen LogP contribution in [-0.4, -0.2) is 29.7 Å². The number of rotatable bonds is 3. The van der Waals surface area contributed by atoms with Crippen LogP contribution < -0.4 is 0 Å². The zero-order chi connectivity index (χ0) is 10.7. The molecule has 1 aliphatic heterocycles. The van der Waals surface area contributed by atoms with Gasteiger partial charge in [0.1, 0.15) is 0 Å². The van der Waals surface area contributed by atoms with Crippen LogP contribution in [0.3, 0.4) is 0 Å². The minimum atomic E-state index is 0.174. The quantitative estimate of drug-likeness (QED) is 0.710. The Morgan fingerprint density at radius 2 is 1.93 bits per heavy atom. The van der Waals surface area contributed by atoms with Crippen LogP contribution in [0.25, 0.3) is 0 Å². The SMILES string of the molecule is O=C(CN1CCCCC1=O)C1CCCC1. The molecular formula is C12H19NO2. The lowest BCUT2D eigenvalue weighted by Crippen LogP contribution is -2.40. The van der Waals surface area contributed by atoms with E-state index >= 15 is 0 Å². The lowest BCUT2D eigenvalue weighted by Gasteiger charge is -2.26. The maximum Gasteiger partial charge on any atom is 0.222 e. The second-order valence-electron chi connectivity index (χ2n) is 4.72. The van der Waals surface area contributed by atoms with E-state index in [-0.39, 0.29) is 11.8 Å². The molecule has 0 spiro atoms. The molecule has 3 nitrogen and oxygen atoms in total. The van der Waals surface area contributed by atoms with E-state index < -0.39 is 0 Å². The molecule has 3 heteroatoms. The van der Waals surface area contributed by atoms with Crippen molar-refractivity contribution < 1.29 is 9.59 Å². The zero-order valence-electron chi connectivity index (χ0n) is 9.21. The third-order valence-corrected chi connectivity index (χ3v) is 3.58. The fraction of sp³-hybridized carbons (Fsp3) is 0.833. The summed E-state index contributed by atoms with van der Waals surface area (Å²) in [5.41, 5.74) is 0. The average Bonchev–Trinajstić information content (AvgIpc) is 2.74. The lowest BCUT2D eigenvalue weighted by atomic mass is 10.0. The summed E-state index contributed by atoms with van der Waals surface area (Å²) in [4.78, 5) is 25.1. The largest absolute Gasteiger partial charge is 0.335 e. The predicted molar refractivity (Wildman–Crippen MR) is 57.4 cm³/mol. The number of ketones is 1. The van der Waals surface area contributed by atoms with Crippen LogP contribution in [0.2, 0.25) is 0 Å². The maximum atomic E-state index is 11.9. The molecule has 1 amide bonds. The number of hydrogen-bond donors (Lipinski definition) is 0. The first-order valence-electron chi connectivity index (χ1n) is 6.08. The zero-order valence-corrected chi connectivity index (χ0v) is 9.21. The normalized spacial score (nSPS) is 23.5. The van der Waals surface area contributed by atoms with Crippen LogP contribution in [0.4, 0.5) is 0 Å². The average molecular weight is 209 g/mol. The Morgan fingerprint density at radius 1 is 1.20 bits per heavy atom. The monoisotopic (exact) mass is 209 g/mol. The van der Waals surface area contributed by atoms with E-state index in [1.807, 2.05) is 0 Å². The molecule has 1 saturated carbocycles. The number of nitrogens with zero attached hydrogens (tertiary/aromatic N) is 1. The number of amides is 1. The van der Waals surface area contributed by atoms with Crippen LogP contribution in [0, 0.1) is 5.92 Å². The number of likely N-dealkylation sites (tertiary alicyclic amines) is 1. The molecule has 1 saturated heterocycles. The standard InChI is InChI=1S/C12H19NO2/c14-11(10-5-1-2-6-10)9-13-8-4-3-7-12(13)15/h10H,1-9H2. The third-order valence-electron chi connectivity index (χ3n) is 3.58. The number of hydrogen-bond acceptors (Lipinski definition) is 2. The van der Waals surface area contributed by atoms with Gasteiger partial charge in [0.15, 0.2) is 5.78 Å². The Morgan fingerprint density at radius 3 is 2.60 bits per heavy atom. The van der Waals surface area contributed by atoms with Gasteiger partial charge in [-0.15, -0.1) is 0 Å². The molecule has 0 radical (unpaired) electrons. The molecule has 1 heterocycles. The molecule has 15 heavy (non-hydrogen) atoms. The molecule has 0 aromatic carbocycles. The number of carbonyl (C=O) groups excluding carboxylic acids is 2. The number of carbonyl (C=O) groups is 2. The van der Waals surface area contributed by atoms with Gasteiger partial charge in [-0.05, 0) is 25.7 Å². The summed E-state index contributed by atoms with van der Waals surface area (Å²) in [6.45, 7) is 1.17. The number of Topliss-reactive ketones (excluding diaryl/α,β-unsaturated/α-hetero) is 1. The van der Waals surface area contributed by atoms with E-state index in [1.54, 1.807) is 4.90 Å². The summed E-state index contributed by atoms with van der Waals surface area (Å²) >= 11 is 0. The van der Waals surface area contributed by atoms with Crippen molar-refractivity contribution in [3.8, 4) is 0 Å². The third kappa shape index (κ3) is 2.58. The molecule has 2 rings (SSSR count). The van der Waals surface area contributed by atoms with Crippen LogP contribution >= 0.6 is 0 Å². The Bertz CT molecular complexity index is 256. The van der Waals surface area contributed by atoms with Crippen LogP contribution in [0.1, 0.15) is 44.9 Å². The Labute approximate surface area is 90.8 Å². The first kappa shape index (κ1) is 10.7. The molecule has 84 valence electrons. The first-order chi connectivity index (χ1) is 7.27. The highest BCUT2D eigenvalue weighted by atomic mass is 16.2. The van der Waals surface area contributed by atoms with Gasteiger partial charge in [-0.3, -0.25) is 9.59 Å². The van der Waals surface area contributed by atoms with E-state index in [0.717, 1.165) is 32.2 Å². The molecule has 0 N–H and O–H groups in total. The van der Waals surface area contributed by atoms with Crippen molar-refractivity contribution in [2.24, 2.45) is 5.92 Å². The van der Waals surface area contributed by atoms with Crippen LogP contribution in [0.5, 0.6) is 0 Å². The Hall–Kier alpha value is -0.860. The summed E-state index contributed by atoms with van der Waals surface area (Å²) < 4.78 is 0. The molecule has 0 aromatic rings. The molecule has 2 aliphatic rings. The lowest BCUT2D eigenvalue weighted by molar-refractivity contribution is -0.138. The van der Waals surface area contributed by atoms with Crippen molar-refractivity contribution in [3.05, 3.63) is 0 Å². The summed E-state index contributed by atoms with van der Waals surface area (Å²) in [7, 11) is 0. The smallest absolute Gasteiger partial charge is 0.222 e. The van der Waals surface area contributed by atoms with E-state index in [2.05, 4.69) is 0 Å². The molecule has 0 bridgehead atoms. The Kier molecular flexibility index (Phi) is 3.39. The van der Waals surface area contributed by atoms with Crippen LogP contribution in [0.15, 0.2) is 0 Å². The van der Waals surface area contributed by atoms with Crippen molar-refractivity contribution in [1.82, 2.24) is 4.90 Å². The van der Waals surface area contributed by atoms with Gasteiger partial charge in [-0.2, -0.15) is 0 Å². The maximum absolute atomic E-state index is 11.9. The van der Waals surface area contributed by atoms with E-state index in [9.17, 15) is 9.59 Å². The van der Waals surface area contributed by atoms with Gasteiger partial charge in [0.25, 0.3) is 0 Å². The van der Waals surface area contributed by atoms with Crippen LogP contribution in [-0.2, 0) is 9.59 Å². The Balaban J connectivity index is 1.84. The van der Waals surface area contributed by atoms with Gasteiger partial charge in [-0.25, -0.2) is 0 Å². The summed E-state index contributed by atoms with van der Waals surface area (Å²) in [5, 5.41) is 0. The summed E-state index contributed by atoms with van der Waals surface area (Å²) in [5.74, 6) is 0.718. The molecule has 0 atom stereocenters. The van der Waals surface area contributed by atoms with Crippen molar-refractivity contribution in [3.63, 3.8) is 0 Å². The molecular weight excluding hydrogens is 190 g/mol.